The molecule has 66 valence electrons. The van der Waals surface area contributed by atoms with Crippen LogP contribution in [-0.2, 0) is 9.53 Å². The van der Waals surface area contributed by atoms with E-state index in [0.29, 0.717) is 0 Å². The summed E-state index contributed by atoms with van der Waals surface area (Å²) in [5.74, 6) is 1.79. The first kappa shape index (κ1) is 11.1. The van der Waals surface area contributed by atoms with Crippen molar-refractivity contribution in [3.05, 3.63) is 12.7 Å². The van der Waals surface area contributed by atoms with Gasteiger partial charge in [-0.25, -0.2) is 0 Å². The number of esters is 1. The molecule has 0 aliphatic rings. The minimum absolute atomic E-state index is 0.157. The van der Waals surface area contributed by atoms with Crippen molar-refractivity contribution >= 4 is 17.6 Å². The minimum atomic E-state index is -1.11. The van der Waals surface area contributed by atoms with E-state index in [9.17, 15) is 4.79 Å². The van der Waals surface area contributed by atoms with Crippen LogP contribution in [0.4, 0.5) is 0 Å². The molecule has 0 aliphatic carbocycles. The third-order valence-electron chi connectivity index (χ3n) is 1.19. The molecular weight excluding hydrogens is 176 g/mol. The molecule has 0 heterocycles. The van der Waals surface area contributed by atoms with Crippen LogP contribution in [0.25, 0.3) is 0 Å². The molecular formula is C9H11ClO2. The van der Waals surface area contributed by atoms with Gasteiger partial charge in [0, 0.05) is 6.42 Å². The number of carbonyl (C=O) groups is 1. The van der Waals surface area contributed by atoms with E-state index in [1.807, 2.05) is 0 Å². The van der Waals surface area contributed by atoms with Gasteiger partial charge in [-0.2, -0.15) is 0 Å². The van der Waals surface area contributed by atoms with Crippen LogP contribution in [0.1, 0.15) is 13.3 Å². The van der Waals surface area contributed by atoms with Gasteiger partial charge in [-0.3, -0.25) is 4.79 Å². The Kier molecular flexibility index (Phi) is 4.46. The highest BCUT2D eigenvalue weighted by molar-refractivity contribution is 6.33. The molecule has 1 atom stereocenters. The van der Waals surface area contributed by atoms with Gasteiger partial charge in [0.1, 0.15) is 11.5 Å². The van der Waals surface area contributed by atoms with Crippen LogP contribution >= 0.6 is 11.6 Å². The lowest BCUT2D eigenvalue weighted by atomic mass is 10.1. The summed E-state index contributed by atoms with van der Waals surface area (Å²) in [6.45, 7) is 5.09. The highest BCUT2D eigenvalue weighted by Gasteiger charge is 2.31. The van der Waals surface area contributed by atoms with E-state index < -0.39 is 10.8 Å². The summed E-state index contributed by atoms with van der Waals surface area (Å²) in [4.78, 5) is 10.0. The predicted octanol–water partition coefficient (Wildman–Crippen LogP) is 1.74. The number of ether oxygens (including phenoxy) is 1. The summed E-state index contributed by atoms with van der Waals surface area (Å²) < 4.78 is 4.72. The van der Waals surface area contributed by atoms with Crippen molar-refractivity contribution in [2.24, 2.45) is 0 Å². The van der Waals surface area contributed by atoms with Crippen molar-refractivity contribution in [2.45, 2.75) is 18.2 Å². The minimum Gasteiger partial charge on any atom is -0.460 e. The molecule has 0 aromatic carbocycles. The fraction of sp³-hybridized carbons (Fsp3) is 0.444. The van der Waals surface area contributed by atoms with E-state index in [4.69, 9.17) is 22.8 Å². The fourth-order valence-electron chi connectivity index (χ4n) is 0.549. The fourth-order valence-corrected chi connectivity index (χ4v) is 0.681. The number of terminal acetylenes is 1. The van der Waals surface area contributed by atoms with Crippen molar-refractivity contribution in [1.29, 1.82) is 0 Å². The normalized spacial score (nSPS) is 14.1. The standard InChI is InChI=1S/C9H11ClO2/c1-4-6-9(3,10)8(11)12-7-5-2/h1,5H,2,6-7H2,3H3. The topological polar surface area (TPSA) is 26.3 Å². The van der Waals surface area contributed by atoms with E-state index in [0.717, 1.165) is 0 Å². The van der Waals surface area contributed by atoms with Crippen LogP contribution < -0.4 is 0 Å². The van der Waals surface area contributed by atoms with Crippen LogP contribution in [0.3, 0.4) is 0 Å². The zero-order chi connectivity index (χ0) is 9.61. The Bertz CT molecular complexity index is 213. The van der Waals surface area contributed by atoms with E-state index in [2.05, 4.69) is 12.5 Å². The van der Waals surface area contributed by atoms with Gasteiger partial charge in [0.15, 0.2) is 0 Å². The van der Waals surface area contributed by atoms with Gasteiger partial charge >= 0.3 is 5.97 Å². The molecule has 0 aliphatic heterocycles. The Morgan fingerprint density at radius 2 is 2.50 bits per heavy atom. The van der Waals surface area contributed by atoms with Crippen LogP contribution in [-0.4, -0.2) is 17.5 Å². The Labute approximate surface area is 77.5 Å². The second-order valence-electron chi connectivity index (χ2n) is 2.47. The molecule has 1 unspecified atom stereocenters. The maximum Gasteiger partial charge on any atom is 0.328 e. The second-order valence-corrected chi connectivity index (χ2v) is 3.30. The van der Waals surface area contributed by atoms with Gasteiger partial charge in [-0.05, 0) is 6.92 Å². The van der Waals surface area contributed by atoms with Crippen molar-refractivity contribution in [3.63, 3.8) is 0 Å². The van der Waals surface area contributed by atoms with Gasteiger partial charge in [0.25, 0.3) is 0 Å². The molecule has 0 rings (SSSR count). The molecule has 0 bridgehead atoms. The van der Waals surface area contributed by atoms with E-state index in [1.54, 1.807) is 0 Å². The third kappa shape index (κ3) is 3.45. The number of hydrogen-bond donors (Lipinski definition) is 0. The summed E-state index contributed by atoms with van der Waals surface area (Å²) >= 11 is 5.77. The van der Waals surface area contributed by atoms with Crippen molar-refractivity contribution in [2.75, 3.05) is 6.61 Å². The molecule has 0 aromatic heterocycles. The number of hydrogen-bond acceptors (Lipinski definition) is 2. The first-order chi connectivity index (χ1) is 5.54. The Morgan fingerprint density at radius 3 is 2.92 bits per heavy atom. The maximum atomic E-state index is 11.1. The molecule has 2 nitrogen and oxygen atoms in total. The molecule has 0 radical (unpaired) electrons. The molecule has 0 saturated heterocycles. The van der Waals surface area contributed by atoms with Gasteiger partial charge in [0.2, 0.25) is 0 Å². The van der Waals surface area contributed by atoms with Gasteiger partial charge in [-0.15, -0.1) is 23.9 Å². The van der Waals surface area contributed by atoms with Crippen molar-refractivity contribution in [1.82, 2.24) is 0 Å². The van der Waals surface area contributed by atoms with Crippen LogP contribution in [0, 0.1) is 12.3 Å². The van der Waals surface area contributed by atoms with Gasteiger partial charge in [0.05, 0.1) is 0 Å². The zero-order valence-electron chi connectivity index (χ0n) is 6.97. The Balaban J connectivity index is 4.07. The molecule has 0 spiro atoms. The second kappa shape index (κ2) is 4.84. The molecule has 3 heteroatoms. The summed E-state index contributed by atoms with van der Waals surface area (Å²) in [7, 11) is 0. The molecule has 0 saturated carbocycles. The number of halogens is 1. The largest absolute Gasteiger partial charge is 0.460 e. The summed E-state index contributed by atoms with van der Waals surface area (Å²) in [5, 5.41) is 0. The molecule has 0 amide bonds. The third-order valence-corrected chi connectivity index (χ3v) is 1.48. The monoisotopic (exact) mass is 186 g/mol. The SMILES string of the molecule is C#CCC(C)(Cl)C(=O)OCC=C. The highest BCUT2D eigenvalue weighted by atomic mass is 35.5. The van der Waals surface area contributed by atoms with Crippen LogP contribution in [0.5, 0.6) is 0 Å². The molecule has 0 N–H and O–H groups in total. The zero-order valence-corrected chi connectivity index (χ0v) is 7.73. The first-order valence-electron chi connectivity index (χ1n) is 3.45. The van der Waals surface area contributed by atoms with Crippen molar-refractivity contribution in [3.8, 4) is 12.3 Å². The summed E-state index contributed by atoms with van der Waals surface area (Å²) in [6, 6.07) is 0. The molecule has 12 heavy (non-hydrogen) atoms. The maximum absolute atomic E-state index is 11.1. The van der Waals surface area contributed by atoms with E-state index in [1.165, 1.54) is 13.0 Å². The Hall–Kier alpha value is -0.940. The lowest BCUT2D eigenvalue weighted by molar-refractivity contribution is -0.145. The van der Waals surface area contributed by atoms with E-state index in [-0.39, 0.29) is 13.0 Å². The number of rotatable bonds is 4. The molecule has 0 aromatic rings. The number of alkyl halides is 1. The average molecular weight is 187 g/mol. The summed E-state index contributed by atoms with van der Waals surface area (Å²) in [5.41, 5.74) is 0. The van der Waals surface area contributed by atoms with Crippen molar-refractivity contribution < 1.29 is 9.53 Å². The quantitative estimate of drug-likeness (QED) is 0.289. The van der Waals surface area contributed by atoms with Crippen LogP contribution in [0.2, 0.25) is 0 Å². The number of carbonyl (C=O) groups excluding carboxylic acids is 1. The lowest BCUT2D eigenvalue weighted by Crippen LogP contribution is -2.30. The highest BCUT2D eigenvalue weighted by Crippen LogP contribution is 2.20. The Morgan fingerprint density at radius 1 is 1.92 bits per heavy atom. The van der Waals surface area contributed by atoms with Gasteiger partial charge < -0.3 is 4.74 Å². The lowest BCUT2D eigenvalue weighted by Gasteiger charge is -2.16. The first-order valence-corrected chi connectivity index (χ1v) is 3.83. The van der Waals surface area contributed by atoms with Crippen LogP contribution in [0.15, 0.2) is 12.7 Å². The molecule has 0 fully saturated rings. The smallest absolute Gasteiger partial charge is 0.328 e. The predicted molar refractivity (Wildman–Crippen MR) is 48.9 cm³/mol. The van der Waals surface area contributed by atoms with E-state index >= 15 is 0 Å². The summed E-state index contributed by atoms with van der Waals surface area (Å²) in [6.07, 6.45) is 6.65. The van der Waals surface area contributed by atoms with Gasteiger partial charge in [-0.1, -0.05) is 12.7 Å². The average Bonchev–Trinajstić information content (AvgIpc) is 2.00.